The summed E-state index contributed by atoms with van der Waals surface area (Å²) in [5.41, 5.74) is 1.07. The smallest absolute Gasteiger partial charge is 0.0848 e. The first kappa shape index (κ1) is 12.9. The molecule has 94 valence electrons. The summed E-state index contributed by atoms with van der Waals surface area (Å²) in [7, 11) is 1.98. The van der Waals surface area contributed by atoms with Gasteiger partial charge in [0.15, 0.2) is 0 Å². The van der Waals surface area contributed by atoms with Crippen LogP contribution in [0.3, 0.4) is 0 Å². The third kappa shape index (κ3) is 2.82. The molecule has 1 fully saturated rings. The van der Waals surface area contributed by atoms with Crippen LogP contribution >= 0.6 is 11.6 Å². The van der Waals surface area contributed by atoms with Crippen LogP contribution < -0.4 is 5.32 Å². The second-order valence-corrected chi connectivity index (χ2v) is 5.33. The van der Waals surface area contributed by atoms with E-state index in [9.17, 15) is 0 Å². The van der Waals surface area contributed by atoms with Gasteiger partial charge >= 0.3 is 0 Å². The summed E-state index contributed by atoms with van der Waals surface area (Å²) < 4.78 is 6.01. The Labute approximate surface area is 108 Å². The predicted molar refractivity (Wildman–Crippen MR) is 71.5 cm³/mol. The van der Waals surface area contributed by atoms with Gasteiger partial charge in [0.05, 0.1) is 11.6 Å². The summed E-state index contributed by atoms with van der Waals surface area (Å²) in [4.78, 5) is 0. The van der Waals surface area contributed by atoms with Gasteiger partial charge in [-0.15, -0.1) is 0 Å². The van der Waals surface area contributed by atoms with E-state index >= 15 is 0 Å². The van der Waals surface area contributed by atoms with Crippen molar-refractivity contribution in [2.24, 2.45) is 0 Å². The van der Waals surface area contributed by atoms with Crippen LogP contribution in [0.15, 0.2) is 24.3 Å². The van der Waals surface area contributed by atoms with Gasteiger partial charge in [-0.25, -0.2) is 0 Å². The first-order valence-electron chi connectivity index (χ1n) is 6.22. The van der Waals surface area contributed by atoms with E-state index in [2.05, 4.69) is 18.3 Å². The fourth-order valence-corrected chi connectivity index (χ4v) is 2.89. The van der Waals surface area contributed by atoms with Crippen molar-refractivity contribution in [1.82, 2.24) is 5.32 Å². The van der Waals surface area contributed by atoms with Gasteiger partial charge in [0, 0.05) is 11.6 Å². The average Bonchev–Trinajstić information content (AvgIpc) is 2.30. The number of ether oxygens (including phenoxy) is 1. The number of benzene rings is 1. The molecule has 0 bridgehead atoms. The molecule has 1 aliphatic rings. The molecule has 2 unspecified atom stereocenters. The average molecular weight is 254 g/mol. The molecule has 17 heavy (non-hydrogen) atoms. The van der Waals surface area contributed by atoms with Crippen molar-refractivity contribution in [3.8, 4) is 0 Å². The summed E-state index contributed by atoms with van der Waals surface area (Å²) in [5, 5.41) is 4.15. The van der Waals surface area contributed by atoms with Crippen LogP contribution in [0.1, 0.15) is 37.8 Å². The van der Waals surface area contributed by atoms with E-state index in [0.717, 1.165) is 18.1 Å². The maximum absolute atomic E-state index is 6.06. The Bertz CT molecular complexity index is 374. The molecule has 0 aliphatic carbocycles. The Kier molecular flexibility index (Phi) is 4.08. The molecule has 0 saturated carbocycles. The predicted octanol–water partition coefficient (Wildman–Crippen LogP) is 3.56. The van der Waals surface area contributed by atoms with Crippen LogP contribution in [-0.4, -0.2) is 19.3 Å². The number of hydrogen-bond donors (Lipinski definition) is 1. The highest BCUT2D eigenvalue weighted by Gasteiger charge is 2.36. The minimum absolute atomic E-state index is 0.127. The van der Waals surface area contributed by atoms with Crippen molar-refractivity contribution < 1.29 is 4.74 Å². The highest BCUT2D eigenvalue weighted by molar-refractivity contribution is 6.30. The lowest BCUT2D eigenvalue weighted by atomic mass is 9.84. The number of halogens is 1. The highest BCUT2D eigenvalue weighted by Crippen LogP contribution is 2.36. The van der Waals surface area contributed by atoms with Gasteiger partial charge in [-0.1, -0.05) is 23.7 Å². The molecule has 0 spiro atoms. The van der Waals surface area contributed by atoms with Gasteiger partial charge in [0.25, 0.3) is 0 Å². The van der Waals surface area contributed by atoms with Crippen molar-refractivity contribution in [3.63, 3.8) is 0 Å². The SMILES string of the molecule is CNC(c1cccc(Cl)c1)C1(C)CCCCO1. The van der Waals surface area contributed by atoms with Gasteiger partial charge in [0.2, 0.25) is 0 Å². The molecular weight excluding hydrogens is 234 g/mol. The summed E-state index contributed by atoms with van der Waals surface area (Å²) in [5.74, 6) is 0. The number of rotatable bonds is 3. The van der Waals surface area contributed by atoms with Crippen LogP contribution in [0, 0.1) is 0 Å². The number of hydrogen-bond acceptors (Lipinski definition) is 2. The van der Waals surface area contributed by atoms with Gasteiger partial charge in [0.1, 0.15) is 0 Å². The van der Waals surface area contributed by atoms with Crippen molar-refractivity contribution in [2.45, 2.75) is 37.8 Å². The zero-order chi connectivity index (χ0) is 12.3. The molecule has 1 heterocycles. The lowest BCUT2D eigenvalue weighted by molar-refractivity contribution is -0.0884. The second kappa shape index (κ2) is 5.38. The van der Waals surface area contributed by atoms with E-state index in [-0.39, 0.29) is 11.6 Å². The second-order valence-electron chi connectivity index (χ2n) is 4.89. The molecule has 1 aliphatic heterocycles. The highest BCUT2D eigenvalue weighted by atomic mass is 35.5. The van der Waals surface area contributed by atoms with E-state index in [1.165, 1.54) is 18.4 Å². The Morgan fingerprint density at radius 1 is 1.41 bits per heavy atom. The topological polar surface area (TPSA) is 21.3 Å². The molecule has 0 radical (unpaired) electrons. The van der Waals surface area contributed by atoms with Crippen molar-refractivity contribution in [2.75, 3.05) is 13.7 Å². The van der Waals surface area contributed by atoms with E-state index < -0.39 is 0 Å². The normalized spacial score (nSPS) is 26.8. The Morgan fingerprint density at radius 2 is 2.24 bits per heavy atom. The van der Waals surface area contributed by atoms with E-state index in [1.807, 2.05) is 25.2 Å². The Hall–Kier alpha value is -0.570. The monoisotopic (exact) mass is 253 g/mol. The molecule has 2 nitrogen and oxygen atoms in total. The summed E-state index contributed by atoms with van der Waals surface area (Å²) >= 11 is 6.06. The molecule has 1 aromatic carbocycles. The number of likely N-dealkylation sites (N-methyl/N-ethyl adjacent to an activating group) is 1. The largest absolute Gasteiger partial charge is 0.373 e. The van der Waals surface area contributed by atoms with E-state index in [4.69, 9.17) is 16.3 Å². The molecule has 1 saturated heterocycles. The summed E-state index contributed by atoms with van der Waals surface area (Å²) in [6.45, 7) is 3.05. The van der Waals surface area contributed by atoms with Crippen LogP contribution in [-0.2, 0) is 4.74 Å². The van der Waals surface area contributed by atoms with Gasteiger partial charge < -0.3 is 10.1 Å². The third-order valence-electron chi connectivity index (χ3n) is 3.58. The quantitative estimate of drug-likeness (QED) is 0.889. The third-order valence-corrected chi connectivity index (χ3v) is 3.82. The first-order valence-corrected chi connectivity index (χ1v) is 6.60. The lowest BCUT2D eigenvalue weighted by Crippen LogP contribution is -2.44. The maximum Gasteiger partial charge on any atom is 0.0848 e. The molecule has 2 atom stereocenters. The van der Waals surface area contributed by atoms with Crippen LogP contribution in [0.2, 0.25) is 5.02 Å². The molecule has 0 aromatic heterocycles. The fourth-order valence-electron chi connectivity index (χ4n) is 2.69. The van der Waals surface area contributed by atoms with Crippen LogP contribution in [0.4, 0.5) is 0 Å². The van der Waals surface area contributed by atoms with Crippen LogP contribution in [0.5, 0.6) is 0 Å². The van der Waals surface area contributed by atoms with Crippen molar-refractivity contribution in [1.29, 1.82) is 0 Å². The zero-order valence-electron chi connectivity index (χ0n) is 10.5. The van der Waals surface area contributed by atoms with Gasteiger partial charge in [-0.3, -0.25) is 0 Å². The molecule has 3 heteroatoms. The minimum Gasteiger partial charge on any atom is -0.373 e. The number of nitrogens with one attached hydrogen (secondary N) is 1. The summed E-state index contributed by atoms with van der Waals surface area (Å²) in [6, 6.07) is 8.22. The van der Waals surface area contributed by atoms with Gasteiger partial charge in [-0.05, 0) is 50.9 Å². The molecular formula is C14H20ClNO. The van der Waals surface area contributed by atoms with E-state index in [0.29, 0.717) is 0 Å². The molecule has 0 amide bonds. The Morgan fingerprint density at radius 3 is 2.82 bits per heavy atom. The standard InChI is InChI=1S/C14H20ClNO/c1-14(8-3-4-9-17-14)13(16-2)11-6-5-7-12(15)10-11/h5-7,10,13,16H,3-4,8-9H2,1-2H3. The Balaban J connectivity index is 2.26. The minimum atomic E-state index is -0.127. The van der Waals surface area contributed by atoms with Crippen LogP contribution in [0.25, 0.3) is 0 Å². The van der Waals surface area contributed by atoms with Crippen molar-refractivity contribution in [3.05, 3.63) is 34.9 Å². The van der Waals surface area contributed by atoms with E-state index in [1.54, 1.807) is 0 Å². The molecule has 1 aromatic rings. The lowest BCUT2D eigenvalue weighted by Gasteiger charge is -2.40. The first-order chi connectivity index (χ1) is 8.15. The maximum atomic E-state index is 6.06. The molecule has 2 rings (SSSR count). The fraction of sp³-hybridized carbons (Fsp3) is 0.571. The van der Waals surface area contributed by atoms with Crippen molar-refractivity contribution >= 4 is 11.6 Å². The zero-order valence-corrected chi connectivity index (χ0v) is 11.3. The van der Waals surface area contributed by atoms with Gasteiger partial charge in [-0.2, -0.15) is 0 Å². The molecule has 1 N–H and O–H groups in total. The summed E-state index contributed by atoms with van der Waals surface area (Å²) in [6.07, 6.45) is 3.49.